The van der Waals surface area contributed by atoms with Gasteiger partial charge in [0.25, 0.3) is 0 Å². The van der Waals surface area contributed by atoms with Crippen molar-refractivity contribution in [2.24, 2.45) is 0 Å². The second kappa shape index (κ2) is 5.60. The van der Waals surface area contributed by atoms with Gasteiger partial charge in [-0.2, -0.15) is 0 Å². The standard InChI is InChI=1S/C12H16N4O4S/c17-12-15-10-2-1-9(5-11(10)16-12)21(18,19)14-7-8-6-13-3-4-20-8/h1-2,5,8,13-14H,3-4,6-7H2,(H2,15,16,17). The predicted octanol–water partition coefficient (Wildman–Crippen LogP) is -0.877. The van der Waals surface area contributed by atoms with E-state index < -0.39 is 10.0 Å². The van der Waals surface area contributed by atoms with Crippen LogP contribution in [0, 0.1) is 0 Å². The lowest BCUT2D eigenvalue weighted by atomic mass is 10.3. The lowest BCUT2D eigenvalue weighted by Crippen LogP contribution is -2.45. The molecule has 114 valence electrons. The molecule has 1 saturated heterocycles. The lowest BCUT2D eigenvalue weighted by molar-refractivity contribution is 0.0324. The molecule has 1 aliphatic rings. The van der Waals surface area contributed by atoms with Gasteiger partial charge in [0.05, 0.1) is 28.6 Å². The van der Waals surface area contributed by atoms with E-state index in [2.05, 4.69) is 20.0 Å². The molecule has 2 heterocycles. The normalized spacial score (nSPS) is 19.9. The Kier molecular flexibility index (Phi) is 3.81. The average molecular weight is 312 g/mol. The zero-order valence-corrected chi connectivity index (χ0v) is 12.0. The third-order valence-corrected chi connectivity index (χ3v) is 4.72. The van der Waals surface area contributed by atoms with Crippen LogP contribution in [0.4, 0.5) is 0 Å². The zero-order chi connectivity index (χ0) is 14.9. The quantitative estimate of drug-likeness (QED) is 0.585. The first-order chi connectivity index (χ1) is 10.0. The largest absolute Gasteiger partial charge is 0.374 e. The maximum atomic E-state index is 12.2. The summed E-state index contributed by atoms with van der Waals surface area (Å²) in [5.41, 5.74) is 0.659. The van der Waals surface area contributed by atoms with E-state index in [9.17, 15) is 13.2 Å². The minimum Gasteiger partial charge on any atom is -0.374 e. The van der Waals surface area contributed by atoms with Gasteiger partial charge in [0.15, 0.2) is 0 Å². The van der Waals surface area contributed by atoms with Crippen LogP contribution in [-0.4, -0.2) is 50.7 Å². The van der Waals surface area contributed by atoms with Gasteiger partial charge in [-0.1, -0.05) is 0 Å². The zero-order valence-electron chi connectivity index (χ0n) is 11.2. The Hall–Kier alpha value is -1.68. The fourth-order valence-electron chi connectivity index (χ4n) is 2.22. The summed E-state index contributed by atoms with van der Waals surface area (Å²) in [4.78, 5) is 16.4. The van der Waals surface area contributed by atoms with E-state index in [0.717, 1.165) is 6.54 Å². The summed E-state index contributed by atoms with van der Waals surface area (Å²) in [6, 6.07) is 4.43. The van der Waals surface area contributed by atoms with Crippen molar-refractivity contribution in [2.75, 3.05) is 26.2 Å². The average Bonchev–Trinajstić information content (AvgIpc) is 2.85. The number of hydrogen-bond acceptors (Lipinski definition) is 5. The molecule has 0 amide bonds. The van der Waals surface area contributed by atoms with Crippen molar-refractivity contribution in [3.63, 3.8) is 0 Å². The first-order valence-electron chi connectivity index (χ1n) is 6.59. The summed E-state index contributed by atoms with van der Waals surface area (Å²) in [5, 5.41) is 3.13. The van der Waals surface area contributed by atoms with E-state index in [4.69, 9.17) is 4.74 Å². The number of benzene rings is 1. The molecule has 1 unspecified atom stereocenters. The van der Waals surface area contributed by atoms with Gasteiger partial charge in [0.1, 0.15) is 0 Å². The summed E-state index contributed by atoms with van der Waals surface area (Å²) in [6.45, 7) is 2.17. The Labute approximate surface area is 120 Å². The van der Waals surface area contributed by atoms with Crippen LogP contribution in [0.25, 0.3) is 11.0 Å². The predicted molar refractivity (Wildman–Crippen MR) is 76.7 cm³/mol. The molecular weight excluding hydrogens is 296 g/mol. The van der Waals surface area contributed by atoms with Crippen molar-refractivity contribution in [1.82, 2.24) is 20.0 Å². The van der Waals surface area contributed by atoms with Crippen molar-refractivity contribution in [3.8, 4) is 0 Å². The molecule has 21 heavy (non-hydrogen) atoms. The van der Waals surface area contributed by atoms with Gasteiger partial charge in [-0.25, -0.2) is 17.9 Å². The van der Waals surface area contributed by atoms with Crippen LogP contribution in [0.15, 0.2) is 27.9 Å². The molecule has 4 N–H and O–H groups in total. The number of imidazole rings is 1. The Morgan fingerprint density at radius 2 is 2.10 bits per heavy atom. The molecule has 0 aliphatic carbocycles. The van der Waals surface area contributed by atoms with Gasteiger partial charge >= 0.3 is 5.69 Å². The van der Waals surface area contributed by atoms with E-state index in [1.165, 1.54) is 12.1 Å². The maximum Gasteiger partial charge on any atom is 0.323 e. The Morgan fingerprint density at radius 3 is 2.86 bits per heavy atom. The number of rotatable bonds is 4. The number of H-pyrrole nitrogens is 2. The second-order valence-corrected chi connectivity index (χ2v) is 6.60. The topological polar surface area (TPSA) is 116 Å². The fraction of sp³-hybridized carbons (Fsp3) is 0.417. The summed E-state index contributed by atoms with van der Waals surface area (Å²) in [7, 11) is -3.64. The van der Waals surface area contributed by atoms with Crippen molar-refractivity contribution < 1.29 is 13.2 Å². The van der Waals surface area contributed by atoms with E-state index in [-0.39, 0.29) is 23.2 Å². The highest BCUT2D eigenvalue weighted by atomic mass is 32.2. The lowest BCUT2D eigenvalue weighted by Gasteiger charge is -2.23. The van der Waals surface area contributed by atoms with Crippen molar-refractivity contribution in [2.45, 2.75) is 11.0 Å². The second-order valence-electron chi connectivity index (χ2n) is 4.84. The number of hydrogen-bond donors (Lipinski definition) is 4. The van der Waals surface area contributed by atoms with Crippen LogP contribution in [0.1, 0.15) is 0 Å². The number of aromatic nitrogens is 2. The van der Waals surface area contributed by atoms with Gasteiger partial charge < -0.3 is 20.0 Å². The molecule has 0 spiro atoms. The molecule has 9 heteroatoms. The number of fused-ring (bicyclic) bond motifs is 1. The maximum absolute atomic E-state index is 12.2. The van der Waals surface area contributed by atoms with E-state index >= 15 is 0 Å². The van der Waals surface area contributed by atoms with Crippen molar-refractivity contribution >= 4 is 21.1 Å². The number of aromatic amines is 2. The third kappa shape index (κ3) is 3.16. The molecular formula is C12H16N4O4S. The molecule has 1 atom stereocenters. The molecule has 0 saturated carbocycles. The Bertz CT molecular complexity index is 789. The molecule has 2 aromatic rings. The molecule has 1 aliphatic heterocycles. The van der Waals surface area contributed by atoms with Gasteiger partial charge in [0, 0.05) is 19.6 Å². The highest BCUT2D eigenvalue weighted by molar-refractivity contribution is 7.89. The van der Waals surface area contributed by atoms with Gasteiger partial charge in [-0.05, 0) is 18.2 Å². The molecule has 3 rings (SSSR count). The Balaban J connectivity index is 1.77. The summed E-state index contributed by atoms with van der Waals surface area (Å²) < 4.78 is 32.4. The van der Waals surface area contributed by atoms with Crippen LogP contribution in [0.5, 0.6) is 0 Å². The SMILES string of the molecule is O=c1[nH]c2ccc(S(=O)(=O)NCC3CNCCO3)cc2[nH]1. The van der Waals surface area contributed by atoms with E-state index in [0.29, 0.717) is 24.2 Å². The number of morpholine rings is 1. The van der Waals surface area contributed by atoms with Gasteiger partial charge in [-0.15, -0.1) is 0 Å². The number of sulfonamides is 1. The van der Waals surface area contributed by atoms with Crippen LogP contribution in [0.3, 0.4) is 0 Å². The summed E-state index contributed by atoms with van der Waals surface area (Å²) in [5.74, 6) is 0. The third-order valence-electron chi connectivity index (χ3n) is 3.30. The minimum atomic E-state index is -3.64. The minimum absolute atomic E-state index is 0.106. The van der Waals surface area contributed by atoms with E-state index in [1.54, 1.807) is 6.07 Å². The molecule has 1 aromatic carbocycles. The Morgan fingerprint density at radius 1 is 1.29 bits per heavy atom. The fourth-order valence-corrected chi connectivity index (χ4v) is 3.31. The molecule has 0 radical (unpaired) electrons. The summed E-state index contributed by atoms with van der Waals surface area (Å²) >= 11 is 0. The van der Waals surface area contributed by atoms with Crippen LogP contribution < -0.4 is 15.7 Å². The van der Waals surface area contributed by atoms with Crippen molar-refractivity contribution in [1.29, 1.82) is 0 Å². The molecule has 1 fully saturated rings. The van der Waals surface area contributed by atoms with Gasteiger partial charge in [0.2, 0.25) is 10.0 Å². The smallest absolute Gasteiger partial charge is 0.323 e. The first kappa shape index (κ1) is 14.3. The molecule has 1 aromatic heterocycles. The number of nitrogens with one attached hydrogen (secondary N) is 4. The number of ether oxygens (including phenoxy) is 1. The van der Waals surface area contributed by atoms with Crippen LogP contribution >= 0.6 is 0 Å². The monoisotopic (exact) mass is 312 g/mol. The molecule has 8 nitrogen and oxygen atoms in total. The van der Waals surface area contributed by atoms with Gasteiger partial charge in [-0.3, -0.25) is 0 Å². The summed E-state index contributed by atoms with van der Waals surface area (Å²) in [6.07, 6.45) is -0.177. The van der Waals surface area contributed by atoms with E-state index in [1.807, 2.05) is 0 Å². The van der Waals surface area contributed by atoms with Crippen LogP contribution in [-0.2, 0) is 14.8 Å². The van der Waals surface area contributed by atoms with Crippen molar-refractivity contribution in [3.05, 3.63) is 28.7 Å². The molecule has 0 bridgehead atoms. The van der Waals surface area contributed by atoms with Crippen LogP contribution in [0.2, 0.25) is 0 Å². The first-order valence-corrected chi connectivity index (χ1v) is 8.07. The highest BCUT2D eigenvalue weighted by Gasteiger charge is 2.19. The highest BCUT2D eigenvalue weighted by Crippen LogP contribution is 2.14.